The molecular formula is C22H27NO6. The molecule has 1 aliphatic heterocycles. The monoisotopic (exact) mass is 401 g/mol. The van der Waals surface area contributed by atoms with Crippen molar-refractivity contribution in [1.29, 1.82) is 5.26 Å². The van der Waals surface area contributed by atoms with E-state index in [1.54, 1.807) is 45.0 Å². The number of hydrogen-bond acceptors (Lipinski definition) is 7. The van der Waals surface area contributed by atoms with Gasteiger partial charge in [0, 0.05) is 5.57 Å². The first-order valence-electron chi connectivity index (χ1n) is 9.45. The minimum atomic E-state index is -1.22. The molecule has 0 unspecified atom stereocenters. The maximum atomic E-state index is 12.9. The van der Waals surface area contributed by atoms with Crippen LogP contribution in [0.1, 0.15) is 51.8 Å². The summed E-state index contributed by atoms with van der Waals surface area (Å²) in [4.78, 5) is 25.0. The molecule has 0 amide bonds. The summed E-state index contributed by atoms with van der Waals surface area (Å²) in [6, 6.07) is 8.30. The van der Waals surface area contributed by atoms with Crippen LogP contribution in [0.5, 0.6) is 0 Å². The molecule has 0 spiro atoms. The summed E-state index contributed by atoms with van der Waals surface area (Å²) in [5.74, 6) is -0.939. The maximum Gasteiger partial charge on any atom is 0.311 e. The van der Waals surface area contributed by atoms with E-state index in [2.05, 4.69) is 0 Å². The van der Waals surface area contributed by atoms with Crippen LogP contribution in [0, 0.1) is 16.7 Å². The van der Waals surface area contributed by atoms with E-state index in [1.807, 2.05) is 19.9 Å². The van der Waals surface area contributed by atoms with Crippen LogP contribution >= 0.6 is 0 Å². The lowest BCUT2D eigenvalue weighted by atomic mass is 9.93. The lowest BCUT2D eigenvalue weighted by Gasteiger charge is -2.31. The average molecular weight is 401 g/mol. The quantitative estimate of drug-likeness (QED) is 0.731. The van der Waals surface area contributed by atoms with E-state index in [0.29, 0.717) is 11.1 Å². The third-order valence-corrected chi connectivity index (χ3v) is 4.23. The molecule has 7 nitrogen and oxygen atoms in total. The Bertz CT molecular complexity index is 813. The predicted molar refractivity (Wildman–Crippen MR) is 105 cm³/mol. The number of benzene rings is 1. The van der Waals surface area contributed by atoms with Crippen LogP contribution in [-0.4, -0.2) is 42.0 Å². The third kappa shape index (κ3) is 5.97. The molecule has 2 rings (SSSR count). The molecular weight excluding hydrogens is 374 g/mol. The van der Waals surface area contributed by atoms with E-state index >= 15 is 0 Å². The van der Waals surface area contributed by atoms with Crippen LogP contribution in [0.4, 0.5) is 0 Å². The van der Waals surface area contributed by atoms with Crippen molar-refractivity contribution in [2.45, 2.75) is 59.2 Å². The molecule has 0 saturated heterocycles. The van der Waals surface area contributed by atoms with Gasteiger partial charge in [0.2, 0.25) is 0 Å². The molecule has 0 fully saturated rings. The highest BCUT2D eigenvalue weighted by Gasteiger charge is 2.37. The van der Waals surface area contributed by atoms with Gasteiger partial charge in [0.1, 0.15) is 12.7 Å². The molecule has 1 aliphatic rings. The summed E-state index contributed by atoms with van der Waals surface area (Å²) in [5, 5.41) is 19.7. The van der Waals surface area contributed by atoms with Crippen molar-refractivity contribution in [1.82, 2.24) is 0 Å². The average Bonchev–Trinajstić information content (AvgIpc) is 2.66. The van der Waals surface area contributed by atoms with Gasteiger partial charge in [-0.2, -0.15) is 5.26 Å². The van der Waals surface area contributed by atoms with Crippen molar-refractivity contribution < 1.29 is 28.9 Å². The van der Waals surface area contributed by atoms with Crippen LogP contribution in [0.3, 0.4) is 0 Å². The minimum Gasteiger partial charge on any atom is -0.462 e. The largest absolute Gasteiger partial charge is 0.462 e. The van der Waals surface area contributed by atoms with Crippen molar-refractivity contribution >= 4 is 11.8 Å². The normalized spacial score (nSPS) is 20.8. The second-order valence-corrected chi connectivity index (χ2v) is 8.15. The maximum absolute atomic E-state index is 12.9. The molecule has 29 heavy (non-hydrogen) atoms. The molecule has 1 aromatic carbocycles. The Morgan fingerprint density at radius 3 is 2.41 bits per heavy atom. The van der Waals surface area contributed by atoms with E-state index in [9.17, 15) is 14.7 Å². The number of carbonyl (C=O) groups excluding carboxylic acids is 2. The molecule has 1 heterocycles. The van der Waals surface area contributed by atoms with E-state index < -0.39 is 35.7 Å². The summed E-state index contributed by atoms with van der Waals surface area (Å²) in [5.41, 5.74) is 0.288. The number of hydrogen-bond donors (Lipinski definition) is 1. The first kappa shape index (κ1) is 22.8. The van der Waals surface area contributed by atoms with Gasteiger partial charge in [-0.05, 0) is 58.4 Å². The van der Waals surface area contributed by atoms with Gasteiger partial charge < -0.3 is 19.3 Å². The van der Waals surface area contributed by atoms with Gasteiger partial charge in [-0.1, -0.05) is 12.1 Å². The number of nitriles is 1. The van der Waals surface area contributed by atoms with Gasteiger partial charge in [0.05, 0.1) is 23.2 Å². The highest BCUT2D eigenvalue weighted by Crippen LogP contribution is 2.29. The molecule has 156 valence electrons. The van der Waals surface area contributed by atoms with Gasteiger partial charge >= 0.3 is 5.97 Å². The number of ether oxygens (including phenoxy) is 3. The molecule has 0 aromatic heterocycles. The number of rotatable bonds is 6. The number of nitrogens with zero attached hydrogens (tertiary/aromatic N) is 1. The summed E-state index contributed by atoms with van der Waals surface area (Å²) in [7, 11) is 0. The van der Waals surface area contributed by atoms with E-state index in [4.69, 9.17) is 19.5 Å². The fraction of sp³-hybridized carbons (Fsp3) is 0.500. The number of esters is 1. The van der Waals surface area contributed by atoms with Crippen molar-refractivity contribution in [2.24, 2.45) is 5.41 Å². The van der Waals surface area contributed by atoms with E-state index in [-0.39, 0.29) is 18.3 Å². The molecule has 3 atom stereocenters. The van der Waals surface area contributed by atoms with Crippen molar-refractivity contribution in [3.05, 3.63) is 47.0 Å². The van der Waals surface area contributed by atoms with Crippen molar-refractivity contribution in [2.75, 3.05) is 6.61 Å². The second kappa shape index (κ2) is 9.31. The Kier molecular flexibility index (Phi) is 7.31. The third-order valence-electron chi connectivity index (χ3n) is 4.23. The highest BCUT2D eigenvalue weighted by molar-refractivity contribution is 6.00. The first-order chi connectivity index (χ1) is 13.5. The van der Waals surface area contributed by atoms with Gasteiger partial charge in [-0.25, -0.2) is 0 Å². The van der Waals surface area contributed by atoms with Gasteiger partial charge in [0.25, 0.3) is 0 Å². The standard InChI is InChI=1S/C22H27NO6/c1-13(2)28-18-10-16(19(24)15-8-6-14(11-23)7-9-15)20(25)17(29-18)12-27-21(26)22(3,4)5/h6-10,13,17-19,24H,12H2,1-5H3/t17-,18+,19-/m1/s1. The number of Topliss-reactive ketones (excluding diaryl/α,β-unsaturated/α-hetero) is 1. The fourth-order valence-corrected chi connectivity index (χ4v) is 2.65. The van der Waals surface area contributed by atoms with Crippen LogP contribution in [0.2, 0.25) is 0 Å². The summed E-state index contributed by atoms with van der Waals surface area (Å²) in [6.45, 7) is 8.50. The summed E-state index contributed by atoms with van der Waals surface area (Å²) in [6.07, 6.45) is -1.92. The SMILES string of the molecule is CC(C)O[C@@H]1C=C([C@H](O)c2ccc(C#N)cc2)C(=O)[C@@H](COC(=O)C(C)(C)C)O1. The minimum absolute atomic E-state index is 0.100. The Labute approximate surface area is 170 Å². The van der Waals surface area contributed by atoms with Gasteiger partial charge in [-0.3, -0.25) is 9.59 Å². The van der Waals surface area contributed by atoms with Gasteiger partial charge in [-0.15, -0.1) is 0 Å². The van der Waals surface area contributed by atoms with Crippen LogP contribution in [0.25, 0.3) is 0 Å². The molecule has 0 saturated carbocycles. The molecule has 0 bridgehead atoms. The zero-order valence-electron chi connectivity index (χ0n) is 17.3. The van der Waals surface area contributed by atoms with Gasteiger partial charge in [0.15, 0.2) is 18.2 Å². The molecule has 0 radical (unpaired) electrons. The number of aliphatic hydroxyl groups excluding tert-OH is 1. The Hall–Kier alpha value is -2.53. The number of aliphatic hydroxyl groups is 1. The number of carbonyl (C=O) groups is 2. The lowest BCUT2D eigenvalue weighted by molar-refractivity contribution is -0.189. The Morgan fingerprint density at radius 2 is 1.90 bits per heavy atom. The number of ketones is 1. The molecule has 0 aliphatic carbocycles. The first-order valence-corrected chi connectivity index (χ1v) is 9.45. The fourth-order valence-electron chi connectivity index (χ4n) is 2.65. The van der Waals surface area contributed by atoms with Crippen molar-refractivity contribution in [3.8, 4) is 6.07 Å². The molecule has 7 heteroatoms. The zero-order chi connectivity index (χ0) is 21.8. The van der Waals surface area contributed by atoms with E-state index in [0.717, 1.165) is 0 Å². The summed E-state index contributed by atoms with van der Waals surface area (Å²) < 4.78 is 16.5. The Balaban J connectivity index is 2.25. The summed E-state index contributed by atoms with van der Waals surface area (Å²) >= 11 is 0. The Morgan fingerprint density at radius 1 is 1.28 bits per heavy atom. The van der Waals surface area contributed by atoms with Crippen molar-refractivity contribution in [3.63, 3.8) is 0 Å². The zero-order valence-corrected chi connectivity index (χ0v) is 17.3. The van der Waals surface area contributed by atoms with Crippen LogP contribution in [0.15, 0.2) is 35.9 Å². The second-order valence-electron chi connectivity index (χ2n) is 8.15. The van der Waals surface area contributed by atoms with E-state index in [1.165, 1.54) is 6.08 Å². The van der Waals surface area contributed by atoms with Crippen LogP contribution in [-0.2, 0) is 23.8 Å². The molecule has 1 N–H and O–H groups in total. The molecule has 1 aromatic rings. The topological polar surface area (TPSA) is 106 Å². The van der Waals surface area contributed by atoms with Crippen LogP contribution < -0.4 is 0 Å². The predicted octanol–water partition coefficient (Wildman–Crippen LogP) is 2.83. The smallest absolute Gasteiger partial charge is 0.311 e. The highest BCUT2D eigenvalue weighted by atomic mass is 16.7. The lowest BCUT2D eigenvalue weighted by Crippen LogP contribution is -2.42.